The van der Waals surface area contributed by atoms with E-state index in [-0.39, 0.29) is 23.3 Å². The number of benzene rings is 2. The first kappa shape index (κ1) is 22.5. The highest BCUT2D eigenvalue weighted by Gasteiger charge is 2.19. The van der Waals surface area contributed by atoms with E-state index in [0.717, 1.165) is 6.42 Å². The molecule has 0 bridgehead atoms. The summed E-state index contributed by atoms with van der Waals surface area (Å²) in [5, 5.41) is 5.74. The van der Waals surface area contributed by atoms with Gasteiger partial charge in [0.15, 0.2) is 6.10 Å². The minimum Gasteiger partial charge on any atom is -0.481 e. The highest BCUT2D eigenvalue weighted by atomic mass is 16.5. The van der Waals surface area contributed by atoms with E-state index in [0.29, 0.717) is 17.0 Å². The summed E-state index contributed by atoms with van der Waals surface area (Å²) in [6, 6.07) is 14.8. The molecule has 156 valence electrons. The van der Waals surface area contributed by atoms with Crippen LogP contribution in [0.5, 0.6) is 5.75 Å². The van der Waals surface area contributed by atoms with Crippen LogP contribution >= 0.6 is 0 Å². The molecule has 0 radical (unpaired) electrons. The molecule has 5 nitrogen and oxygen atoms in total. The van der Waals surface area contributed by atoms with E-state index in [1.54, 1.807) is 31.2 Å². The summed E-state index contributed by atoms with van der Waals surface area (Å²) >= 11 is 0. The molecule has 2 rings (SSSR count). The Hall–Kier alpha value is -2.82. The van der Waals surface area contributed by atoms with Crippen molar-refractivity contribution in [1.29, 1.82) is 0 Å². The van der Waals surface area contributed by atoms with Crippen molar-refractivity contribution in [2.24, 2.45) is 0 Å². The van der Waals surface area contributed by atoms with E-state index in [1.165, 1.54) is 5.56 Å². The molecule has 0 spiro atoms. The number of carbonyl (C=O) groups is 2. The Morgan fingerprint density at radius 1 is 1.00 bits per heavy atom. The van der Waals surface area contributed by atoms with Crippen LogP contribution < -0.4 is 15.4 Å². The number of hydrogen-bond donors (Lipinski definition) is 2. The number of rotatable bonds is 7. The van der Waals surface area contributed by atoms with Gasteiger partial charge in [-0.15, -0.1) is 0 Å². The maximum absolute atomic E-state index is 12.6. The van der Waals surface area contributed by atoms with Crippen LogP contribution in [0.2, 0.25) is 0 Å². The van der Waals surface area contributed by atoms with Crippen LogP contribution in [0.3, 0.4) is 0 Å². The number of amides is 2. The maximum atomic E-state index is 12.6. The molecule has 2 amide bonds. The highest BCUT2D eigenvalue weighted by Crippen LogP contribution is 2.25. The average molecular weight is 397 g/mol. The van der Waals surface area contributed by atoms with Gasteiger partial charge in [0.05, 0.1) is 11.3 Å². The van der Waals surface area contributed by atoms with Crippen molar-refractivity contribution in [3.63, 3.8) is 0 Å². The van der Waals surface area contributed by atoms with E-state index in [2.05, 4.69) is 31.4 Å². The fourth-order valence-corrected chi connectivity index (χ4v) is 2.72. The van der Waals surface area contributed by atoms with E-state index >= 15 is 0 Å². The number of ether oxygens (including phenoxy) is 1. The van der Waals surface area contributed by atoms with E-state index in [1.807, 2.05) is 38.1 Å². The number of para-hydroxylation sites is 1. The lowest BCUT2D eigenvalue weighted by molar-refractivity contribution is -0.122. The van der Waals surface area contributed by atoms with Crippen LogP contribution in [0, 0.1) is 0 Å². The number of nitrogens with one attached hydrogen (secondary N) is 2. The van der Waals surface area contributed by atoms with Crippen LogP contribution in [0.15, 0.2) is 48.5 Å². The quantitative estimate of drug-likeness (QED) is 0.698. The summed E-state index contributed by atoms with van der Waals surface area (Å²) in [4.78, 5) is 25.1. The normalized spacial score (nSPS) is 13.3. The van der Waals surface area contributed by atoms with E-state index < -0.39 is 6.10 Å². The third-order valence-electron chi connectivity index (χ3n) is 4.82. The SMILES string of the molecule is CC[C@H](C)NC(=O)c1ccccc1NC(=O)[C@H](C)Oc1ccc(C(C)(C)C)cc1. The molecule has 2 aromatic rings. The molecule has 0 aliphatic carbocycles. The Labute approximate surface area is 173 Å². The molecule has 29 heavy (non-hydrogen) atoms. The largest absolute Gasteiger partial charge is 0.481 e. The van der Waals surface area contributed by atoms with E-state index in [9.17, 15) is 9.59 Å². The summed E-state index contributed by atoms with van der Waals surface area (Å²) in [7, 11) is 0. The van der Waals surface area contributed by atoms with Crippen LogP contribution in [-0.4, -0.2) is 24.0 Å². The van der Waals surface area contributed by atoms with Gasteiger partial charge in [0, 0.05) is 6.04 Å². The zero-order valence-electron chi connectivity index (χ0n) is 18.2. The minimum absolute atomic E-state index is 0.0566. The Balaban J connectivity index is 2.05. The third kappa shape index (κ3) is 6.34. The molecule has 2 atom stereocenters. The Bertz CT molecular complexity index is 838. The van der Waals surface area contributed by atoms with Crippen LogP contribution in [0.1, 0.15) is 63.9 Å². The first-order valence-corrected chi connectivity index (χ1v) is 10.1. The smallest absolute Gasteiger partial charge is 0.265 e. The monoisotopic (exact) mass is 396 g/mol. The molecule has 0 aliphatic rings. The lowest BCUT2D eigenvalue weighted by Gasteiger charge is -2.20. The Morgan fingerprint density at radius 2 is 1.62 bits per heavy atom. The van der Waals surface area contributed by atoms with Gasteiger partial charge < -0.3 is 15.4 Å². The average Bonchev–Trinajstić information content (AvgIpc) is 2.67. The molecule has 0 fully saturated rings. The van der Waals surface area contributed by atoms with Crippen LogP contribution in [0.4, 0.5) is 5.69 Å². The van der Waals surface area contributed by atoms with Gasteiger partial charge in [0.25, 0.3) is 11.8 Å². The molecule has 2 N–H and O–H groups in total. The number of anilines is 1. The number of carbonyl (C=O) groups excluding carboxylic acids is 2. The van der Waals surface area contributed by atoms with Crippen molar-refractivity contribution in [2.45, 2.75) is 65.5 Å². The molecule has 2 aromatic carbocycles. The van der Waals surface area contributed by atoms with Gasteiger partial charge in [-0.1, -0.05) is 52.0 Å². The van der Waals surface area contributed by atoms with Gasteiger partial charge in [-0.3, -0.25) is 9.59 Å². The standard InChI is InChI=1S/C24H32N2O3/c1-7-16(2)25-23(28)20-10-8-9-11-21(20)26-22(27)17(3)29-19-14-12-18(13-15-19)24(4,5)6/h8-17H,7H2,1-6H3,(H,25,28)(H,26,27)/t16-,17-/m0/s1. The fraction of sp³-hybridized carbons (Fsp3) is 0.417. The topological polar surface area (TPSA) is 67.4 Å². The van der Waals surface area contributed by atoms with Crippen molar-refractivity contribution < 1.29 is 14.3 Å². The molecule has 0 heterocycles. The lowest BCUT2D eigenvalue weighted by Crippen LogP contribution is -2.34. The van der Waals surface area contributed by atoms with E-state index in [4.69, 9.17) is 4.74 Å². The fourth-order valence-electron chi connectivity index (χ4n) is 2.72. The van der Waals surface area contributed by atoms with Gasteiger partial charge >= 0.3 is 0 Å². The van der Waals surface area contributed by atoms with Gasteiger partial charge in [-0.25, -0.2) is 0 Å². The number of hydrogen-bond acceptors (Lipinski definition) is 3. The molecule has 0 aliphatic heterocycles. The second kappa shape index (κ2) is 9.59. The highest BCUT2D eigenvalue weighted by molar-refractivity contribution is 6.04. The second-order valence-electron chi connectivity index (χ2n) is 8.35. The van der Waals surface area contributed by atoms with Crippen molar-refractivity contribution in [3.05, 3.63) is 59.7 Å². The Morgan fingerprint density at radius 3 is 2.21 bits per heavy atom. The van der Waals surface area contributed by atoms with Crippen molar-refractivity contribution in [1.82, 2.24) is 5.32 Å². The summed E-state index contributed by atoms with van der Waals surface area (Å²) < 4.78 is 5.79. The summed E-state index contributed by atoms with van der Waals surface area (Å²) in [5.74, 6) is 0.110. The van der Waals surface area contributed by atoms with Gasteiger partial charge in [0.2, 0.25) is 0 Å². The zero-order valence-corrected chi connectivity index (χ0v) is 18.2. The molecule has 0 saturated carbocycles. The summed E-state index contributed by atoms with van der Waals surface area (Å²) in [6.45, 7) is 12.1. The van der Waals surface area contributed by atoms with Crippen molar-refractivity contribution >= 4 is 17.5 Å². The summed E-state index contributed by atoms with van der Waals surface area (Å²) in [6.07, 6.45) is 0.125. The predicted octanol–water partition coefficient (Wildman–Crippen LogP) is 4.92. The second-order valence-corrected chi connectivity index (χ2v) is 8.35. The molecular weight excluding hydrogens is 364 g/mol. The molecule has 0 saturated heterocycles. The van der Waals surface area contributed by atoms with Crippen LogP contribution in [0.25, 0.3) is 0 Å². The van der Waals surface area contributed by atoms with Crippen molar-refractivity contribution in [3.8, 4) is 5.75 Å². The van der Waals surface area contributed by atoms with Gasteiger partial charge in [0.1, 0.15) is 5.75 Å². The summed E-state index contributed by atoms with van der Waals surface area (Å²) in [5.41, 5.74) is 2.16. The molecule has 0 aromatic heterocycles. The zero-order chi connectivity index (χ0) is 21.6. The lowest BCUT2D eigenvalue weighted by atomic mass is 9.87. The van der Waals surface area contributed by atoms with Crippen molar-refractivity contribution in [2.75, 3.05) is 5.32 Å². The third-order valence-corrected chi connectivity index (χ3v) is 4.82. The Kier molecular flexibility index (Phi) is 7.43. The molecule has 5 heteroatoms. The predicted molar refractivity (Wildman–Crippen MR) is 118 cm³/mol. The van der Waals surface area contributed by atoms with Crippen LogP contribution in [-0.2, 0) is 10.2 Å². The first-order valence-electron chi connectivity index (χ1n) is 10.1. The van der Waals surface area contributed by atoms with Gasteiger partial charge in [-0.05, 0) is 55.5 Å². The first-order chi connectivity index (χ1) is 13.6. The molecular formula is C24H32N2O3. The maximum Gasteiger partial charge on any atom is 0.265 e. The van der Waals surface area contributed by atoms with Gasteiger partial charge in [-0.2, -0.15) is 0 Å². The molecule has 0 unspecified atom stereocenters. The minimum atomic E-state index is -0.707.